The van der Waals surface area contributed by atoms with Gasteiger partial charge in [0.2, 0.25) is 6.08 Å². The number of hydrogen-bond donors (Lipinski definition) is 1. The number of aliphatic carboxylic acids is 1. The first kappa shape index (κ1) is 11.9. The van der Waals surface area contributed by atoms with Crippen molar-refractivity contribution in [3.05, 3.63) is 29.8 Å². The van der Waals surface area contributed by atoms with Gasteiger partial charge in [0.15, 0.2) is 6.04 Å². The molecule has 0 amide bonds. The van der Waals surface area contributed by atoms with E-state index in [0.717, 1.165) is 5.56 Å². The number of isocyanates is 1. The Bertz CT molecular complexity index is 404. The van der Waals surface area contributed by atoms with Crippen molar-refractivity contribution in [3.8, 4) is 5.75 Å². The molecule has 5 nitrogen and oxygen atoms in total. The normalized spacial score (nSPS) is 11.3. The van der Waals surface area contributed by atoms with E-state index in [0.29, 0.717) is 5.75 Å². The molecule has 0 aromatic heterocycles. The largest absolute Gasteiger partial charge is 0.497 e. The molecule has 0 bridgehead atoms. The Morgan fingerprint density at radius 1 is 1.50 bits per heavy atom. The third kappa shape index (κ3) is 3.22. The molecular weight excluding hydrogens is 210 g/mol. The number of carboxylic acid groups (broad SMARTS) is 1. The minimum atomic E-state index is -1.14. The highest BCUT2D eigenvalue weighted by molar-refractivity contribution is 5.75. The van der Waals surface area contributed by atoms with Crippen LogP contribution in [0.4, 0.5) is 0 Å². The van der Waals surface area contributed by atoms with E-state index in [2.05, 4.69) is 4.99 Å². The third-order valence-corrected chi connectivity index (χ3v) is 2.08. The van der Waals surface area contributed by atoms with E-state index in [1.165, 1.54) is 6.08 Å². The van der Waals surface area contributed by atoms with Gasteiger partial charge in [-0.3, -0.25) is 0 Å². The van der Waals surface area contributed by atoms with Gasteiger partial charge in [0.05, 0.1) is 7.11 Å². The molecule has 1 aromatic carbocycles. The molecule has 0 aliphatic rings. The molecule has 5 heteroatoms. The van der Waals surface area contributed by atoms with Crippen LogP contribution >= 0.6 is 0 Å². The summed E-state index contributed by atoms with van der Waals surface area (Å²) in [7, 11) is 1.55. The zero-order chi connectivity index (χ0) is 12.0. The van der Waals surface area contributed by atoms with Gasteiger partial charge in [-0.05, 0) is 17.7 Å². The van der Waals surface area contributed by atoms with E-state index in [4.69, 9.17) is 9.84 Å². The number of benzene rings is 1. The smallest absolute Gasteiger partial charge is 0.329 e. The van der Waals surface area contributed by atoms with E-state index in [1.54, 1.807) is 31.4 Å². The third-order valence-electron chi connectivity index (χ3n) is 2.08. The molecule has 0 saturated carbocycles. The van der Waals surface area contributed by atoms with E-state index < -0.39 is 12.0 Å². The van der Waals surface area contributed by atoms with E-state index in [9.17, 15) is 9.59 Å². The lowest BCUT2D eigenvalue weighted by Crippen LogP contribution is -2.20. The van der Waals surface area contributed by atoms with Crippen molar-refractivity contribution < 1.29 is 19.4 Å². The second-order valence-corrected chi connectivity index (χ2v) is 3.13. The standard InChI is InChI=1S/C11H11NO4/c1-16-9-4-2-8(3-5-9)6-10(11(14)15)12-7-13/h2-5,10H,6H2,1H3,(H,14,15). The monoisotopic (exact) mass is 221 g/mol. The first-order chi connectivity index (χ1) is 7.67. The predicted octanol–water partition coefficient (Wildman–Crippen LogP) is 1.03. The number of carbonyl (C=O) groups is 1. The number of carboxylic acids is 1. The number of rotatable bonds is 5. The van der Waals surface area contributed by atoms with Crippen LogP contribution in [0.1, 0.15) is 5.56 Å². The Morgan fingerprint density at radius 2 is 2.12 bits per heavy atom. The molecule has 16 heavy (non-hydrogen) atoms. The highest BCUT2D eigenvalue weighted by atomic mass is 16.5. The van der Waals surface area contributed by atoms with Crippen molar-refractivity contribution in [2.24, 2.45) is 4.99 Å². The molecule has 0 aliphatic carbocycles. The zero-order valence-electron chi connectivity index (χ0n) is 8.71. The van der Waals surface area contributed by atoms with Gasteiger partial charge >= 0.3 is 5.97 Å². The van der Waals surface area contributed by atoms with Gasteiger partial charge in [-0.1, -0.05) is 12.1 Å². The van der Waals surface area contributed by atoms with E-state index in [-0.39, 0.29) is 6.42 Å². The summed E-state index contributed by atoms with van der Waals surface area (Å²) in [6.07, 6.45) is 1.42. The molecule has 1 atom stereocenters. The minimum Gasteiger partial charge on any atom is -0.497 e. The SMILES string of the molecule is COc1ccc(CC(N=C=O)C(=O)O)cc1. The van der Waals surface area contributed by atoms with Crippen molar-refractivity contribution in [1.29, 1.82) is 0 Å². The number of ether oxygens (including phenoxy) is 1. The first-order valence-corrected chi connectivity index (χ1v) is 4.60. The fraction of sp³-hybridized carbons (Fsp3) is 0.273. The summed E-state index contributed by atoms with van der Waals surface area (Å²) in [5.41, 5.74) is 0.771. The first-order valence-electron chi connectivity index (χ1n) is 4.60. The summed E-state index contributed by atoms with van der Waals surface area (Å²) in [6, 6.07) is 5.83. The van der Waals surface area contributed by atoms with Crippen molar-refractivity contribution in [2.45, 2.75) is 12.5 Å². The predicted molar refractivity (Wildman–Crippen MR) is 56.2 cm³/mol. The van der Waals surface area contributed by atoms with Crippen LogP contribution in [-0.4, -0.2) is 30.3 Å². The molecule has 0 saturated heterocycles. The molecule has 1 N–H and O–H groups in total. The Balaban J connectivity index is 2.77. The number of aliphatic imine (C=N–C) groups is 1. The van der Waals surface area contributed by atoms with Crippen molar-refractivity contribution >= 4 is 12.0 Å². The Morgan fingerprint density at radius 3 is 2.56 bits per heavy atom. The van der Waals surface area contributed by atoms with E-state index >= 15 is 0 Å². The van der Waals surface area contributed by atoms with Crippen LogP contribution in [0, 0.1) is 0 Å². The second kappa shape index (κ2) is 5.68. The van der Waals surface area contributed by atoms with Crippen molar-refractivity contribution in [3.63, 3.8) is 0 Å². The van der Waals surface area contributed by atoms with Gasteiger partial charge in [0, 0.05) is 6.42 Å². The van der Waals surface area contributed by atoms with Crippen LogP contribution in [0.2, 0.25) is 0 Å². The molecule has 1 unspecified atom stereocenters. The summed E-state index contributed by atoms with van der Waals surface area (Å²) in [4.78, 5) is 24.0. The Kier molecular flexibility index (Phi) is 4.24. The molecule has 84 valence electrons. The molecule has 1 aromatic rings. The van der Waals surface area contributed by atoms with E-state index in [1.807, 2.05) is 0 Å². The molecule has 0 aliphatic heterocycles. The van der Waals surface area contributed by atoms with Gasteiger partial charge in [-0.25, -0.2) is 9.59 Å². The molecule has 0 heterocycles. The lowest BCUT2D eigenvalue weighted by molar-refractivity contribution is -0.138. The lowest BCUT2D eigenvalue weighted by Gasteiger charge is -2.06. The van der Waals surface area contributed by atoms with Crippen LogP contribution in [0.25, 0.3) is 0 Å². The Hall–Kier alpha value is -2.13. The number of methoxy groups -OCH3 is 1. The Labute approximate surface area is 92.4 Å². The number of nitrogens with zero attached hydrogens (tertiary/aromatic N) is 1. The fourth-order valence-electron chi connectivity index (χ4n) is 1.24. The maximum absolute atomic E-state index is 10.7. The highest BCUT2D eigenvalue weighted by Gasteiger charge is 2.16. The average Bonchev–Trinajstić information content (AvgIpc) is 2.29. The quantitative estimate of drug-likeness (QED) is 0.595. The zero-order valence-corrected chi connectivity index (χ0v) is 8.71. The van der Waals surface area contributed by atoms with Gasteiger partial charge in [0.25, 0.3) is 0 Å². The minimum absolute atomic E-state index is 0.161. The summed E-state index contributed by atoms with van der Waals surface area (Å²) in [5.74, 6) is -0.450. The van der Waals surface area contributed by atoms with Crippen molar-refractivity contribution in [1.82, 2.24) is 0 Å². The van der Waals surface area contributed by atoms with Gasteiger partial charge < -0.3 is 9.84 Å². The summed E-state index contributed by atoms with van der Waals surface area (Å²) in [5, 5.41) is 8.77. The number of hydrogen-bond acceptors (Lipinski definition) is 4. The summed E-state index contributed by atoms with van der Waals surface area (Å²) >= 11 is 0. The van der Waals surface area contributed by atoms with Gasteiger partial charge in [0.1, 0.15) is 5.75 Å². The van der Waals surface area contributed by atoms with Crippen molar-refractivity contribution in [2.75, 3.05) is 7.11 Å². The molecule has 1 rings (SSSR count). The van der Waals surface area contributed by atoms with Crippen LogP contribution in [0.3, 0.4) is 0 Å². The maximum Gasteiger partial charge on any atom is 0.329 e. The van der Waals surface area contributed by atoms with Crippen LogP contribution in [0.5, 0.6) is 5.75 Å². The topological polar surface area (TPSA) is 76.0 Å². The number of carbonyl (C=O) groups excluding carboxylic acids is 1. The molecular formula is C11H11NO4. The summed E-state index contributed by atoms with van der Waals surface area (Å²) in [6.45, 7) is 0. The lowest BCUT2D eigenvalue weighted by atomic mass is 10.1. The van der Waals surface area contributed by atoms with Crippen LogP contribution in [0.15, 0.2) is 29.3 Å². The van der Waals surface area contributed by atoms with Gasteiger partial charge in [-0.2, -0.15) is 4.99 Å². The van der Waals surface area contributed by atoms with Crippen LogP contribution in [-0.2, 0) is 16.0 Å². The average molecular weight is 221 g/mol. The molecule has 0 radical (unpaired) electrons. The second-order valence-electron chi connectivity index (χ2n) is 3.13. The molecule has 0 spiro atoms. The molecule has 0 fully saturated rings. The van der Waals surface area contributed by atoms with Crippen LogP contribution < -0.4 is 4.74 Å². The van der Waals surface area contributed by atoms with Gasteiger partial charge in [-0.15, -0.1) is 0 Å². The maximum atomic E-state index is 10.7. The highest BCUT2D eigenvalue weighted by Crippen LogP contribution is 2.13. The summed E-state index contributed by atoms with van der Waals surface area (Å²) < 4.78 is 4.97. The fourth-order valence-corrected chi connectivity index (χ4v) is 1.24.